The quantitative estimate of drug-likeness (QED) is 0.458. The highest BCUT2D eigenvalue weighted by Gasteiger charge is 2.09. The number of nitrogens with zero attached hydrogens (tertiary/aromatic N) is 2. The number of aromatic hydroxyl groups is 1. The third-order valence-electron chi connectivity index (χ3n) is 4.82. The number of benzene rings is 2. The van der Waals surface area contributed by atoms with Crippen LogP contribution in [0.25, 0.3) is 10.9 Å². The summed E-state index contributed by atoms with van der Waals surface area (Å²) in [6.45, 7) is 2.74. The zero-order valence-corrected chi connectivity index (χ0v) is 15.9. The number of carbonyl (C=O) groups is 1. The topological polar surface area (TPSA) is 54.7 Å². The van der Waals surface area contributed by atoms with Gasteiger partial charge in [0.15, 0.2) is 6.29 Å². The summed E-state index contributed by atoms with van der Waals surface area (Å²) in [6, 6.07) is 13.2. The predicted octanol–water partition coefficient (Wildman–Crippen LogP) is 4.08. The lowest BCUT2D eigenvalue weighted by molar-refractivity contribution is 0.112. The zero-order chi connectivity index (χ0) is 19.2. The summed E-state index contributed by atoms with van der Waals surface area (Å²) in [6.07, 6.45) is 4.94. The molecule has 3 aromatic rings. The van der Waals surface area contributed by atoms with Crippen molar-refractivity contribution in [1.82, 2.24) is 9.47 Å². The van der Waals surface area contributed by atoms with Crippen molar-refractivity contribution in [1.29, 1.82) is 0 Å². The average molecular weight is 366 g/mol. The van der Waals surface area contributed by atoms with E-state index in [1.54, 1.807) is 19.2 Å². The van der Waals surface area contributed by atoms with E-state index in [2.05, 4.69) is 16.5 Å². The maximum absolute atomic E-state index is 11.4. The van der Waals surface area contributed by atoms with Crippen molar-refractivity contribution >= 4 is 17.2 Å². The third kappa shape index (κ3) is 4.68. The molecule has 1 heterocycles. The number of aromatic nitrogens is 1. The van der Waals surface area contributed by atoms with E-state index in [9.17, 15) is 9.90 Å². The number of aldehydes is 1. The van der Waals surface area contributed by atoms with E-state index in [1.807, 2.05) is 36.5 Å². The molecule has 0 amide bonds. The van der Waals surface area contributed by atoms with Crippen molar-refractivity contribution in [2.45, 2.75) is 25.9 Å². The molecule has 0 unspecified atom stereocenters. The molecule has 5 nitrogen and oxygen atoms in total. The van der Waals surface area contributed by atoms with Crippen molar-refractivity contribution in [3.63, 3.8) is 0 Å². The van der Waals surface area contributed by atoms with E-state index in [0.29, 0.717) is 11.3 Å². The molecule has 0 bridgehead atoms. The van der Waals surface area contributed by atoms with Crippen LogP contribution in [-0.4, -0.2) is 41.6 Å². The van der Waals surface area contributed by atoms with Crippen LogP contribution in [-0.2, 0) is 13.1 Å². The Balaban J connectivity index is 1.54. The van der Waals surface area contributed by atoms with Crippen molar-refractivity contribution < 1.29 is 14.6 Å². The first-order valence-corrected chi connectivity index (χ1v) is 9.19. The van der Waals surface area contributed by atoms with Crippen LogP contribution in [0.2, 0.25) is 0 Å². The fourth-order valence-corrected chi connectivity index (χ4v) is 3.37. The second-order valence-corrected chi connectivity index (χ2v) is 6.89. The lowest BCUT2D eigenvalue weighted by atomic mass is 10.2. The molecule has 0 saturated carbocycles. The Morgan fingerprint density at radius 1 is 1.15 bits per heavy atom. The molecule has 0 fully saturated rings. The van der Waals surface area contributed by atoms with Crippen LogP contribution in [0.15, 0.2) is 48.7 Å². The molecule has 0 aliphatic carbocycles. The minimum atomic E-state index is 0.299. The number of hydrogen-bond donors (Lipinski definition) is 1. The third-order valence-corrected chi connectivity index (χ3v) is 4.82. The molecule has 27 heavy (non-hydrogen) atoms. The van der Waals surface area contributed by atoms with Gasteiger partial charge in [-0.15, -0.1) is 0 Å². The van der Waals surface area contributed by atoms with E-state index in [1.165, 1.54) is 5.56 Å². The Labute approximate surface area is 159 Å². The highest BCUT2D eigenvalue weighted by Crippen LogP contribution is 2.25. The van der Waals surface area contributed by atoms with Gasteiger partial charge >= 0.3 is 0 Å². The molecule has 0 aliphatic rings. The SMILES string of the molecule is COc1ccc2c(c1)c(C=O)cn2CCCCN(C)Cc1ccc(O)cc1. The van der Waals surface area contributed by atoms with E-state index in [4.69, 9.17) is 4.74 Å². The first-order chi connectivity index (χ1) is 13.1. The molecular weight excluding hydrogens is 340 g/mol. The molecule has 0 radical (unpaired) electrons. The smallest absolute Gasteiger partial charge is 0.152 e. The standard InChI is InChI=1S/C22H26N2O3/c1-23(14-17-5-7-19(26)8-6-17)11-3-4-12-24-15-18(16-25)21-13-20(27-2)9-10-22(21)24/h5-10,13,15-16,26H,3-4,11-12,14H2,1-2H3. The van der Waals surface area contributed by atoms with Gasteiger partial charge in [0.25, 0.3) is 0 Å². The largest absolute Gasteiger partial charge is 0.508 e. The molecule has 0 saturated heterocycles. The molecule has 0 atom stereocenters. The van der Waals surface area contributed by atoms with Crippen LogP contribution in [0.5, 0.6) is 11.5 Å². The number of phenolic OH excluding ortho intramolecular Hbond substituents is 1. The first kappa shape index (κ1) is 19.0. The first-order valence-electron chi connectivity index (χ1n) is 9.19. The van der Waals surface area contributed by atoms with Crippen LogP contribution >= 0.6 is 0 Å². The Hall–Kier alpha value is -2.79. The van der Waals surface area contributed by atoms with Gasteiger partial charge in [-0.3, -0.25) is 4.79 Å². The average Bonchev–Trinajstić information content (AvgIpc) is 3.04. The highest BCUT2D eigenvalue weighted by molar-refractivity contribution is 5.98. The molecule has 1 aromatic heterocycles. The Morgan fingerprint density at radius 2 is 1.93 bits per heavy atom. The van der Waals surface area contributed by atoms with Gasteiger partial charge < -0.3 is 19.3 Å². The number of phenols is 1. The lowest BCUT2D eigenvalue weighted by Crippen LogP contribution is -2.19. The molecule has 0 aliphatic heterocycles. The van der Waals surface area contributed by atoms with Crippen LogP contribution in [0.4, 0.5) is 0 Å². The van der Waals surface area contributed by atoms with Gasteiger partial charge in [-0.1, -0.05) is 12.1 Å². The van der Waals surface area contributed by atoms with Crippen molar-refractivity contribution in [2.24, 2.45) is 0 Å². The van der Waals surface area contributed by atoms with Gasteiger partial charge in [0.2, 0.25) is 0 Å². The second-order valence-electron chi connectivity index (χ2n) is 6.89. The summed E-state index contributed by atoms with van der Waals surface area (Å²) < 4.78 is 7.42. The van der Waals surface area contributed by atoms with Crippen molar-refractivity contribution in [3.05, 3.63) is 59.8 Å². The summed E-state index contributed by atoms with van der Waals surface area (Å²) in [4.78, 5) is 13.7. The highest BCUT2D eigenvalue weighted by atomic mass is 16.5. The number of unbranched alkanes of at least 4 members (excludes halogenated alkanes) is 1. The molecule has 3 rings (SSSR count). The predicted molar refractivity (Wildman–Crippen MR) is 108 cm³/mol. The maximum Gasteiger partial charge on any atom is 0.152 e. The number of ether oxygens (including phenoxy) is 1. The lowest BCUT2D eigenvalue weighted by Gasteiger charge is -2.17. The summed E-state index contributed by atoms with van der Waals surface area (Å²) in [5.41, 5.74) is 2.96. The Kier molecular flexibility index (Phi) is 6.14. The van der Waals surface area contributed by atoms with Gasteiger partial charge in [-0.25, -0.2) is 0 Å². The second kappa shape index (κ2) is 8.73. The molecule has 2 aromatic carbocycles. The van der Waals surface area contributed by atoms with Crippen LogP contribution in [0.3, 0.4) is 0 Å². The molecular formula is C22H26N2O3. The number of hydrogen-bond acceptors (Lipinski definition) is 4. The van der Waals surface area contributed by atoms with Gasteiger partial charge in [-0.05, 0) is 62.3 Å². The van der Waals surface area contributed by atoms with Crippen LogP contribution in [0.1, 0.15) is 28.8 Å². The number of rotatable bonds is 9. The van der Waals surface area contributed by atoms with Crippen molar-refractivity contribution in [3.8, 4) is 11.5 Å². The van der Waals surface area contributed by atoms with Gasteiger partial charge in [-0.2, -0.15) is 0 Å². The summed E-state index contributed by atoms with van der Waals surface area (Å²) >= 11 is 0. The maximum atomic E-state index is 11.4. The fourth-order valence-electron chi connectivity index (χ4n) is 3.37. The normalized spacial score (nSPS) is 11.2. The minimum absolute atomic E-state index is 0.299. The van der Waals surface area contributed by atoms with E-state index < -0.39 is 0 Å². The molecule has 0 spiro atoms. The molecule has 5 heteroatoms. The number of aryl methyl sites for hydroxylation is 1. The fraction of sp³-hybridized carbons (Fsp3) is 0.318. The van der Waals surface area contributed by atoms with Gasteiger partial charge in [0.05, 0.1) is 7.11 Å². The number of methoxy groups -OCH3 is 1. The van der Waals surface area contributed by atoms with Crippen LogP contribution < -0.4 is 4.74 Å². The number of fused-ring (bicyclic) bond motifs is 1. The summed E-state index contributed by atoms with van der Waals surface area (Å²) in [7, 11) is 3.74. The Bertz CT molecular complexity index is 900. The van der Waals surface area contributed by atoms with Crippen LogP contribution in [0, 0.1) is 0 Å². The molecule has 1 N–H and O–H groups in total. The summed E-state index contributed by atoms with van der Waals surface area (Å²) in [5, 5.41) is 10.3. The number of carbonyl (C=O) groups excluding carboxylic acids is 1. The summed E-state index contributed by atoms with van der Waals surface area (Å²) in [5.74, 6) is 1.06. The zero-order valence-electron chi connectivity index (χ0n) is 15.9. The van der Waals surface area contributed by atoms with Gasteiger partial charge in [0, 0.05) is 35.8 Å². The monoisotopic (exact) mass is 366 g/mol. The van der Waals surface area contributed by atoms with Crippen molar-refractivity contribution in [2.75, 3.05) is 20.7 Å². The van der Waals surface area contributed by atoms with E-state index in [0.717, 1.165) is 55.4 Å². The van der Waals surface area contributed by atoms with E-state index >= 15 is 0 Å². The Morgan fingerprint density at radius 3 is 2.63 bits per heavy atom. The van der Waals surface area contributed by atoms with Gasteiger partial charge in [0.1, 0.15) is 11.5 Å². The van der Waals surface area contributed by atoms with E-state index in [-0.39, 0.29) is 0 Å². The molecule has 142 valence electrons. The minimum Gasteiger partial charge on any atom is -0.508 e.